The molecule has 3 amide bonds. The van der Waals surface area contributed by atoms with E-state index in [-0.39, 0.29) is 18.1 Å². The number of nitrogens with one attached hydrogen (secondary N) is 1. The SMILES string of the molecule is COc1cc2c3c(ccc(-c4ccccc4)c3c1O[C@@H]1O[C@H](COC(=O)NC(N)=O)[C@@H](O)[C@H](O)[C@H]1O)C(=O)OC2. The third kappa shape index (κ3) is 4.98. The Morgan fingerprint density at radius 1 is 1.02 bits per heavy atom. The van der Waals surface area contributed by atoms with Crippen molar-refractivity contribution in [3.8, 4) is 22.6 Å². The van der Waals surface area contributed by atoms with E-state index >= 15 is 0 Å². The van der Waals surface area contributed by atoms with Crippen LogP contribution in [0.25, 0.3) is 21.9 Å². The maximum absolute atomic E-state index is 12.6. The van der Waals surface area contributed by atoms with Gasteiger partial charge in [-0.25, -0.2) is 19.7 Å². The van der Waals surface area contributed by atoms with E-state index in [0.717, 1.165) is 5.56 Å². The number of alkyl carbamates (subject to hydrolysis) is 1. The van der Waals surface area contributed by atoms with E-state index in [1.165, 1.54) is 7.11 Å². The number of carbonyl (C=O) groups excluding carboxylic acids is 3. The first-order chi connectivity index (χ1) is 19.2. The van der Waals surface area contributed by atoms with Gasteiger partial charge in [0, 0.05) is 16.3 Å². The highest BCUT2D eigenvalue weighted by molar-refractivity contribution is 6.14. The van der Waals surface area contributed by atoms with Gasteiger partial charge >= 0.3 is 18.1 Å². The number of ether oxygens (including phenoxy) is 5. The van der Waals surface area contributed by atoms with Crippen LogP contribution < -0.4 is 20.5 Å². The van der Waals surface area contributed by atoms with Crippen LogP contribution in [0, 0.1) is 0 Å². The number of primary amides is 1. The lowest BCUT2D eigenvalue weighted by molar-refractivity contribution is -0.277. The number of hydrogen-bond acceptors (Lipinski definition) is 11. The van der Waals surface area contributed by atoms with Gasteiger partial charge in [-0.1, -0.05) is 36.4 Å². The zero-order chi connectivity index (χ0) is 28.6. The highest BCUT2D eigenvalue weighted by atomic mass is 16.7. The zero-order valence-corrected chi connectivity index (χ0v) is 21.1. The van der Waals surface area contributed by atoms with Crippen molar-refractivity contribution in [1.82, 2.24) is 5.32 Å². The predicted molar refractivity (Wildman–Crippen MR) is 136 cm³/mol. The van der Waals surface area contributed by atoms with Crippen LogP contribution in [0.1, 0.15) is 15.9 Å². The molecule has 3 aromatic rings. The number of aliphatic hydroxyl groups is 3. The van der Waals surface area contributed by atoms with Crippen molar-refractivity contribution in [2.45, 2.75) is 37.3 Å². The standard InChI is InChI=1S/C27H26N2O11/c1-36-16-9-13-10-37-24(33)15-8-7-14(12-5-3-2-4-6-12)19(18(13)15)23(16)40-25-22(32)21(31)20(30)17(39-25)11-38-27(35)29-26(28)34/h2-9,17,20-22,25,30-32H,10-11H2,1H3,(H3,28,29,34,35)/t17-,20-,21+,22-,25+/m1/s1. The second-order valence-electron chi connectivity index (χ2n) is 9.14. The fourth-order valence-corrected chi connectivity index (χ4v) is 4.79. The molecule has 2 aliphatic rings. The molecule has 5 rings (SSSR count). The van der Waals surface area contributed by atoms with Crippen LogP contribution in [0.2, 0.25) is 0 Å². The number of cyclic esters (lactones) is 1. The van der Waals surface area contributed by atoms with Crippen LogP contribution in [0.15, 0.2) is 48.5 Å². The highest BCUT2D eigenvalue weighted by Gasteiger charge is 2.46. The lowest BCUT2D eigenvalue weighted by Crippen LogP contribution is -2.60. The quantitative estimate of drug-likeness (QED) is 0.274. The maximum Gasteiger partial charge on any atom is 0.415 e. The Balaban J connectivity index is 1.58. The molecule has 3 aromatic carbocycles. The number of amides is 3. The van der Waals surface area contributed by atoms with Crippen LogP contribution >= 0.6 is 0 Å². The monoisotopic (exact) mass is 554 g/mol. The van der Waals surface area contributed by atoms with Gasteiger partial charge in [-0.2, -0.15) is 0 Å². The molecular formula is C27H26N2O11. The van der Waals surface area contributed by atoms with Crippen molar-refractivity contribution in [2.24, 2.45) is 5.73 Å². The average Bonchev–Trinajstić information content (AvgIpc) is 2.95. The summed E-state index contributed by atoms with van der Waals surface area (Å²) in [6.07, 6.45) is -9.34. The van der Waals surface area contributed by atoms with E-state index in [9.17, 15) is 29.7 Å². The molecule has 5 atom stereocenters. The summed E-state index contributed by atoms with van der Waals surface area (Å²) in [5.41, 5.74) is 7.33. The van der Waals surface area contributed by atoms with Crippen LogP contribution in [0.3, 0.4) is 0 Å². The van der Waals surface area contributed by atoms with Crippen molar-refractivity contribution < 1.29 is 53.4 Å². The van der Waals surface area contributed by atoms with E-state index in [1.54, 1.807) is 23.5 Å². The van der Waals surface area contributed by atoms with Gasteiger partial charge in [0.15, 0.2) is 11.5 Å². The molecule has 13 nitrogen and oxygen atoms in total. The van der Waals surface area contributed by atoms with Crippen molar-refractivity contribution >= 4 is 28.9 Å². The van der Waals surface area contributed by atoms with Crippen LogP contribution in [-0.4, -0.2) is 77.8 Å². The van der Waals surface area contributed by atoms with Crippen molar-refractivity contribution in [3.63, 3.8) is 0 Å². The van der Waals surface area contributed by atoms with Gasteiger partial charge in [-0.05, 0) is 23.3 Å². The molecule has 1 saturated heterocycles. The first-order valence-corrected chi connectivity index (χ1v) is 12.2. The number of hydrogen-bond donors (Lipinski definition) is 5. The molecule has 210 valence electrons. The summed E-state index contributed by atoms with van der Waals surface area (Å²) in [6, 6.07) is 13.2. The molecule has 0 radical (unpaired) electrons. The molecular weight excluding hydrogens is 528 g/mol. The topological polar surface area (TPSA) is 196 Å². The molecule has 1 fully saturated rings. The molecule has 13 heteroatoms. The Hall–Kier alpha value is -4.43. The van der Waals surface area contributed by atoms with Gasteiger partial charge in [0.2, 0.25) is 6.29 Å². The number of methoxy groups -OCH3 is 1. The van der Waals surface area contributed by atoms with Gasteiger partial charge < -0.3 is 44.7 Å². The summed E-state index contributed by atoms with van der Waals surface area (Å²) < 4.78 is 27.6. The molecule has 6 N–H and O–H groups in total. The van der Waals surface area contributed by atoms with E-state index in [4.69, 9.17) is 29.4 Å². The molecule has 0 aliphatic carbocycles. The van der Waals surface area contributed by atoms with Crippen LogP contribution in [0.5, 0.6) is 11.5 Å². The van der Waals surface area contributed by atoms with E-state index in [1.807, 2.05) is 30.3 Å². The molecule has 0 bridgehead atoms. The lowest BCUT2D eigenvalue weighted by Gasteiger charge is -2.40. The van der Waals surface area contributed by atoms with Crippen LogP contribution in [0.4, 0.5) is 9.59 Å². The van der Waals surface area contributed by atoms with E-state index in [0.29, 0.717) is 27.5 Å². The minimum absolute atomic E-state index is 0.00252. The van der Waals surface area contributed by atoms with Gasteiger partial charge in [-0.15, -0.1) is 0 Å². The summed E-state index contributed by atoms with van der Waals surface area (Å²) in [5.74, 6) is -0.206. The first-order valence-electron chi connectivity index (χ1n) is 12.2. The molecule has 0 spiro atoms. The lowest BCUT2D eigenvalue weighted by atomic mass is 9.90. The second-order valence-corrected chi connectivity index (χ2v) is 9.14. The van der Waals surface area contributed by atoms with Gasteiger partial charge in [0.1, 0.15) is 37.6 Å². The number of urea groups is 1. The third-order valence-corrected chi connectivity index (χ3v) is 6.67. The molecule has 0 unspecified atom stereocenters. The predicted octanol–water partition coefficient (Wildman–Crippen LogP) is 1.18. The summed E-state index contributed by atoms with van der Waals surface area (Å²) in [7, 11) is 1.41. The Bertz CT molecular complexity index is 1460. The largest absolute Gasteiger partial charge is 0.493 e. The second kappa shape index (κ2) is 11.0. The fraction of sp³-hybridized carbons (Fsp3) is 0.296. The number of nitrogens with two attached hydrogens (primary N) is 1. The average molecular weight is 555 g/mol. The molecule has 0 saturated carbocycles. The summed E-state index contributed by atoms with van der Waals surface area (Å²) in [4.78, 5) is 35.2. The van der Waals surface area contributed by atoms with Gasteiger partial charge in [-0.3, -0.25) is 0 Å². The summed E-state index contributed by atoms with van der Waals surface area (Å²) in [5, 5.41) is 34.4. The zero-order valence-electron chi connectivity index (χ0n) is 21.1. The number of benzene rings is 3. The smallest absolute Gasteiger partial charge is 0.415 e. The third-order valence-electron chi connectivity index (χ3n) is 6.67. The van der Waals surface area contributed by atoms with Gasteiger partial charge in [0.25, 0.3) is 0 Å². The molecule has 2 heterocycles. The Labute approximate surface area is 226 Å². The fourth-order valence-electron chi connectivity index (χ4n) is 4.79. The van der Waals surface area contributed by atoms with E-state index in [2.05, 4.69) is 0 Å². The Morgan fingerprint density at radius 3 is 2.45 bits per heavy atom. The number of aliphatic hydroxyl groups excluding tert-OH is 3. The highest BCUT2D eigenvalue weighted by Crippen LogP contribution is 2.47. The van der Waals surface area contributed by atoms with Crippen molar-refractivity contribution in [2.75, 3.05) is 13.7 Å². The molecule has 40 heavy (non-hydrogen) atoms. The number of imide groups is 1. The first kappa shape index (κ1) is 27.1. The molecule has 0 aromatic heterocycles. The minimum atomic E-state index is -1.76. The van der Waals surface area contributed by atoms with Crippen molar-refractivity contribution in [3.05, 3.63) is 59.7 Å². The molecule has 2 aliphatic heterocycles. The minimum Gasteiger partial charge on any atom is -0.493 e. The van der Waals surface area contributed by atoms with Gasteiger partial charge in [0.05, 0.1) is 12.7 Å². The number of esters is 1. The van der Waals surface area contributed by atoms with Crippen molar-refractivity contribution in [1.29, 1.82) is 0 Å². The Morgan fingerprint density at radius 2 is 1.75 bits per heavy atom. The number of carbonyl (C=O) groups is 3. The normalized spacial score (nSPS) is 23.7. The van der Waals surface area contributed by atoms with Crippen LogP contribution in [-0.2, 0) is 20.8 Å². The maximum atomic E-state index is 12.6. The summed E-state index contributed by atoms with van der Waals surface area (Å²) in [6.45, 7) is -0.622. The van der Waals surface area contributed by atoms with E-state index < -0.39 is 55.4 Å². The summed E-state index contributed by atoms with van der Waals surface area (Å²) >= 11 is 0. The Kier molecular flexibility index (Phi) is 7.45. The number of rotatable bonds is 6.